The van der Waals surface area contributed by atoms with Gasteiger partial charge in [0.25, 0.3) is 0 Å². The van der Waals surface area contributed by atoms with E-state index in [-0.39, 0.29) is 5.92 Å². The van der Waals surface area contributed by atoms with Gasteiger partial charge in [-0.15, -0.1) is 11.3 Å². The van der Waals surface area contributed by atoms with E-state index >= 15 is 0 Å². The van der Waals surface area contributed by atoms with Gasteiger partial charge in [-0.3, -0.25) is 0 Å². The Morgan fingerprint density at radius 3 is 2.59 bits per heavy atom. The molecular formula is C14H18O2S. The maximum absolute atomic E-state index is 9.97. The lowest BCUT2D eigenvalue weighted by Crippen LogP contribution is -2.32. The minimum absolute atomic E-state index is 0.0786. The Morgan fingerprint density at radius 2 is 1.88 bits per heavy atom. The van der Waals surface area contributed by atoms with Crippen LogP contribution in [0, 0.1) is 5.92 Å². The lowest BCUT2D eigenvalue weighted by molar-refractivity contribution is -0.00711. The summed E-state index contributed by atoms with van der Waals surface area (Å²) in [4.78, 5) is 0. The van der Waals surface area contributed by atoms with Crippen molar-refractivity contribution in [3.05, 3.63) is 35.2 Å². The molecule has 0 radical (unpaired) electrons. The van der Waals surface area contributed by atoms with Crippen molar-refractivity contribution < 1.29 is 10.2 Å². The normalized spacial score (nSPS) is 15.4. The number of thiophene rings is 1. The highest BCUT2D eigenvalue weighted by Crippen LogP contribution is 2.27. The molecule has 2 nitrogen and oxygen atoms in total. The summed E-state index contributed by atoms with van der Waals surface area (Å²) in [5.41, 5.74) is 1.12. The van der Waals surface area contributed by atoms with Gasteiger partial charge in [-0.05, 0) is 28.3 Å². The van der Waals surface area contributed by atoms with Gasteiger partial charge < -0.3 is 10.2 Å². The lowest BCUT2D eigenvalue weighted by atomic mass is 9.96. The van der Waals surface area contributed by atoms with E-state index in [0.29, 0.717) is 6.42 Å². The zero-order valence-electron chi connectivity index (χ0n) is 10.1. The quantitative estimate of drug-likeness (QED) is 0.876. The second kappa shape index (κ2) is 5.17. The third kappa shape index (κ3) is 2.68. The van der Waals surface area contributed by atoms with Gasteiger partial charge in [0.1, 0.15) is 0 Å². The van der Waals surface area contributed by atoms with Crippen molar-refractivity contribution >= 4 is 21.4 Å². The lowest BCUT2D eigenvalue weighted by Gasteiger charge is -2.20. The largest absolute Gasteiger partial charge is 0.390 e. The van der Waals surface area contributed by atoms with Crippen LogP contribution in [0.5, 0.6) is 0 Å². The van der Waals surface area contributed by atoms with E-state index in [1.54, 1.807) is 11.3 Å². The fourth-order valence-corrected chi connectivity index (χ4v) is 2.96. The Labute approximate surface area is 106 Å². The molecule has 2 aromatic rings. The standard InChI is InChI=1S/C14H18O2S/c1-9(2)14(16)12(15)7-10-8-17-13-6-4-3-5-11(10)13/h3-6,8-9,12,14-16H,7H2,1-2H3. The Hall–Kier alpha value is -0.900. The fourth-order valence-electron chi connectivity index (χ4n) is 1.98. The Balaban J connectivity index is 2.18. The van der Waals surface area contributed by atoms with Crippen LogP contribution >= 0.6 is 11.3 Å². The first-order valence-corrected chi connectivity index (χ1v) is 6.79. The topological polar surface area (TPSA) is 40.5 Å². The first kappa shape index (κ1) is 12.6. The molecule has 0 spiro atoms. The Kier molecular flexibility index (Phi) is 3.82. The first-order valence-electron chi connectivity index (χ1n) is 5.91. The molecule has 3 heteroatoms. The Bertz CT molecular complexity index is 490. The number of aliphatic hydroxyl groups is 2. The van der Waals surface area contributed by atoms with Crippen LogP contribution in [-0.2, 0) is 6.42 Å². The van der Waals surface area contributed by atoms with Gasteiger partial charge >= 0.3 is 0 Å². The third-order valence-electron chi connectivity index (χ3n) is 3.07. The smallest absolute Gasteiger partial charge is 0.0842 e. The molecule has 17 heavy (non-hydrogen) atoms. The molecule has 0 bridgehead atoms. The van der Waals surface area contributed by atoms with Gasteiger partial charge in [0.2, 0.25) is 0 Å². The van der Waals surface area contributed by atoms with E-state index in [2.05, 4.69) is 17.5 Å². The first-order chi connectivity index (χ1) is 8.09. The zero-order valence-corrected chi connectivity index (χ0v) is 10.9. The summed E-state index contributed by atoms with van der Waals surface area (Å²) in [6.07, 6.45) is -0.828. The van der Waals surface area contributed by atoms with Crippen LogP contribution in [0.25, 0.3) is 10.1 Å². The van der Waals surface area contributed by atoms with Crippen molar-refractivity contribution in [2.24, 2.45) is 5.92 Å². The molecule has 2 unspecified atom stereocenters. The molecule has 1 aromatic carbocycles. The molecule has 0 aliphatic rings. The van der Waals surface area contributed by atoms with E-state index in [4.69, 9.17) is 0 Å². The summed E-state index contributed by atoms with van der Waals surface area (Å²) in [6.45, 7) is 3.83. The number of hydrogen-bond acceptors (Lipinski definition) is 3. The maximum Gasteiger partial charge on any atom is 0.0842 e. The van der Waals surface area contributed by atoms with Crippen LogP contribution in [0.15, 0.2) is 29.6 Å². The van der Waals surface area contributed by atoms with Gasteiger partial charge in [0.15, 0.2) is 0 Å². The molecule has 92 valence electrons. The molecule has 0 aliphatic heterocycles. The van der Waals surface area contributed by atoms with Crippen LogP contribution in [0.4, 0.5) is 0 Å². The highest BCUT2D eigenvalue weighted by molar-refractivity contribution is 7.17. The van der Waals surface area contributed by atoms with Crippen molar-refractivity contribution in [1.82, 2.24) is 0 Å². The molecule has 2 atom stereocenters. The van der Waals surface area contributed by atoms with Crippen molar-refractivity contribution in [2.75, 3.05) is 0 Å². The minimum atomic E-state index is -0.687. The molecule has 2 N–H and O–H groups in total. The van der Waals surface area contributed by atoms with Gasteiger partial charge in [-0.25, -0.2) is 0 Å². The highest BCUT2D eigenvalue weighted by Gasteiger charge is 2.21. The van der Waals surface area contributed by atoms with Crippen LogP contribution in [0.1, 0.15) is 19.4 Å². The minimum Gasteiger partial charge on any atom is -0.390 e. The van der Waals surface area contributed by atoms with Crippen molar-refractivity contribution in [1.29, 1.82) is 0 Å². The van der Waals surface area contributed by atoms with E-state index in [1.165, 1.54) is 10.1 Å². The summed E-state index contributed by atoms with van der Waals surface area (Å²) in [5.74, 6) is 0.0786. The Morgan fingerprint density at radius 1 is 1.18 bits per heavy atom. The van der Waals surface area contributed by atoms with E-state index < -0.39 is 12.2 Å². The molecule has 1 heterocycles. The third-order valence-corrected chi connectivity index (χ3v) is 4.08. The van der Waals surface area contributed by atoms with Gasteiger partial charge in [-0.2, -0.15) is 0 Å². The highest BCUT2D eigenvalue weighted by atomic mass is 32.1. The maximum atomic E-state index is 9.97. The second-order valence-electron chi connectivity index (χ2n) is 4.76. The monoisotopic (exact) mass is 250 g/mol. The molecule has 0 saturated heterocycles. The number of hydrogen-bond donors (Lipinski definition) is 2. The summed E-state index contributed by atoms with van der Waals surface area (Å²) in [6, 6.07) is 8.16. The fraction of sp³-hybridized carbons (Fsp3) is 0.429. The summed E-state index contributed by atoms with van der Waals surface area (Å²) >= 11 is 1.68. The number of aliphatic hydroxyl groups excluding tert-OH is 2. The average Bonchev–Trinajstić information content (AvgIpc) is 2.71. The number of benzene rings is 1. The average molecular weight is 250 g/mol. The SMILES string of the molecule is CC(C)C(O)C(O)Cc1csc2ccccc12. The van der Waals surface area contributed by atoms with Crippen LogP contribution in [0.2, 0.25) is 0 Å². The summed E-state index contributed by atoms with van der Waals surface area (Å²) < 4.78 is 1.23. The van der Waals surface area contributed by atoms with Crippen molar-refractivity contribution in [2.45, 2.75) is 32.5 Å². The molecule has 0 saturated carbocycles. The van der Waals surface area contributed by atoms with Crippen LogP contribution < -0.4 is 0 Å². The van der Waals surface area contributed by atoms with E-state index in [1.807, 2.05) is 26.0 Å². The molecule has 0 aliphatic carbocycles. The molecule has 0 amide bonds. The predicted octanol–water partition coefficient (Wildman–Crippen LogP) is 2.82. The van der Waals surface area contributed by atoms with E-state index in [9.17, 15) is 10.2 Å². The van der Waals surface area contributed by atoms with Crippen LogP contribution in [-0.4, -0.2) is 22.4 Å². The predicted molar refractivity (Wildman–Crippen MR) is 72.4 cm³/mol. The molecular weight excluding hydrogens is 232 g/mol. The molecule has 1 aromatic heterocycles. The van der Waals surface area contributed by atoms with E-state index in [0.717, 1.165) is 5.56 Å². The molecule has 2 rings (SSSR count). The number of fused-ring (bicyclic) bond motifs is 1. The van der Waals surface area contributed by atoms with Gasteiger partial charge in [0.05, 0.1) is 12.2 Å². The second-order valence-corrected chi connectivity index (χ2v) is 5.67. The zero-order chi connectivity index (χ0) is 12.4. The van der Waals surface area contributed by atoms with Gasteiger partial charge in [0, 0.05) is 11.1 Å². The van der Waals surface area contributed by atoms with Gasteiger partial charge in [-0.1, -0.05) is 32.0 Å². The summed E-state index contributed by atoms with van der Waals surface area (Å²) in [5, 5.41) is 23.1. The number of rotatable bonds is 4. The van der Waals surface area contributed by atoms with Crippen LogP contribution in [0.3, 0.4) is 0 Å². The van der Waals surface area contributed by atoms with Crippen molar-refractivity contribution in [3.63, 3.8) is 0 Å². The summed E-state index contributed by atoms with van der Waals surface area (Å²) in [7, 11) is 0. The molecule has 0 fully saturated rings. The van der Waals surface area contributed by atoms with Crippen molar-refractivity contribution in [3.8, 4) is 0 Å².